The molecule has 0 fully saturated rings. The van der Waals surface area contributed by atoms with Crippen molar-refractivity contribution in [3.8, 4) is 17.0 Å². The first-order valence-corrected chi connectivity index (χ1v) is 10.9. The number of hydrogen-bond donors (Lipinski definition) is 0. The smallest absolute Gasteiger partial charge is 0.206 e. The fraction of sp³-hybridized carbons (Fsp3) is 0.130. The van der Waals surface area contributed by atoms with Crippen molar-refractivity contribution in [2.24, 2.45) is 10.1 Å². The molecule has 0 saturated carbocycles. The van der Waals surface area contributed by atoms with E-state index in [1.807, 2.05) is 41.4 Å². The molecule has 0 bridgehead atoms. The van der Waals surface area contributed by atoms with Gasteiger partial charge in [-0.2, -0.15) is 5.10 Å². The number of aromatic nitrogens is 1. The first kappa shape index (κ1) is 19.4. The van der Waals surface area contributed by atoms with Crippen molar-refractivity contribution >= 4 is 39.7 Å². The molecule has 0 N–H and O–H groups in total. The molecule has 6 heteroatoms. The first-order chi connectivity index (χ1) is 14.1. The van der Waals surface area contributed by atoms with Crippen LogP contribution in [0.4, 0.5) is 0 Å². The van der Waals surface area contributed by atoms with Gasteiger partial charge in [0.2, 0.25) is 4.80 Å². The molecule has 4 aromatic rings. The molecule has 0 saturated heterocycles. The molecular weight excluding hydrogens is 398 g/mol. The summed E-state index contributed by atoms with van der Waals surface area (Å²) in [6.07, 6.45) is 1.88. The summed E-state index contributed by atoms with van der Waals surface area (Å²) >= 11 is 3.25. The van der Waals surface area contributed by atoms with Crippen LogP contribution in [0.15, 0.2) is 81.5 Å². The van der Waals surface area contributed by atoms with Gasteiger partial charge in [-0.3, -0.25) is 4.99 Å². The number of fused-ring (bicyclic) bond motifs is 1. The lowest BCUT2D eigenvalue weighted by atomic mass is 10.1. The molecule has 2 aromatic carbocycles. The number of thiazole rings is 1. The SMILES string of the molecule is C=C(C)CN=c1scc(-c2ccc3cc(OC)ccc3c2)n1N=Cc1cccs1. The van der Waals surface area contributed by atoms with E-state index in [1.165, 1.54) is 0 Å². The third-order valence-corrected chi connectivity index (χ3v) is 6.02. The molecule has 0 amide bonds. The van der Waals surface area contributed by atoms with Crippen molar-refractivity contribution in [2.45, 2.75) is 6.92 Å². The number of ether oxygens (including phenoxy) is 1. The molecule has 2 aromatic heterocycles. The summed E-state index contributed by atoms with van der Waals surface area (Å²) in [5, 5.41) is 11.2. The van der Waals surface area contributed by atoms with E-state index >= 15 is 0 Å². The van der Waals surface area contributed by atoms with Gasteiger partial charge < -0.3 is 4.74 Å². The molecule has 4 rings (SSSR count). The topological polar surface area (TPSA) is 38.9 Å². The molecule has 0 radical (unpaired) electrons. The van der Waals surface area contributed by atoms with E-state index in [1.54, 1.807) is 29.8 Å². The summed E-state index contributed by atoms with van der Waals surface area (Å²) in [6, 6.07) is 16.6. The van der Waals surface area contributed by atoms with E-state index in [0.717, 1.165) is 43.0 Å². The Morgan fingerprint density at radius 3 is 2.72 bits per heavy atom. The predicted molar refractivity (Wildman–Crippen MR) is 124 cm³/mol. The molecule has 0 aliphatic rings. The van der Waals surface area contributed by atoms with Crippen molar-refractivity contribution in [3.63, 3.8) is 0 Å². The molecule has 0 aliphatic heterocycles. The Labute approximate surface area is 177 Å². The van der Waals surface area contributed by atoms with Gasteiger partial charge in [0.15, 0.2) is 0 Å². The third-order valence-electron chi connectivity index (χ3n) is 4.36. The zero-order valence-corrected chi connectivity index (χ0v) is 18.0. The van der Waals surface area contributed by atoms with Crippen molar-refractivity contribution in [2.75, 3.05) is 13.7 Å². The summed E-state index contributed by atoms with van der Waals surface area (Å²) in [4.78, 5) is 6.65. The molecule has 0 spiro atoms. The molecule has 4 nitrogen and oxygen atoms in total. The van der Waals surface area contributed by atoms with Crippen LogP contribution >= 0.6 is 22.7 Å². The number of nitrogens with zero attached hydrogens (tertiary/aromatic N) is 3. The van der Waals surface area contributed by atoms with Crippen molar-refractivity contribution in [1.82, 2.24) is 4.68 Å². The minimum Gasteiger partial charge on any atom is -0.497 e. The minimum atomic E-state index is 0.589. The second-order valence-electron chi connectivity index (χ2n) is 6.68. The lowest BCUT2D eigenvalue weighted by Gasteiger charge is -2.07. The highest BCUT2D eigenvalue weighted by Gasteiger charge is 2.09. The maximum Gasteiger partial charge on any atom is 0.206 e. The van der Waals surface area contributed by atoms with E-state index in [2.05, 4.69) is 42.3 Å². The maximum absolute atomic E-state index is 5.33. The van der Waals surface area contributed by atoms with Gasteiger partial charge >= 0.3 is 0 Å². The molecule has 0 aliphatic carbocycles. The van der Waals surface area contributed by atoms with Gasteiger partial charge in [0.1, 0.15) is 5.75 Å². The first-order valence-electron chi connectivity index (χ1n) is 9.15. The quantitative estimate of drug-likeness (QED) is 0.288. The standard InChI is InChI=1S/C23H21N3OS2/c1-16(2)13-24-23-26(25-14-21-5-4-10-28-21)22(15-29-23)19-7-6-18-12-20(27-3)9-8-17(18)11-19/h4-12,14-15H,1,13H2,2-3H3. The van der Waals surface area contributed by atoms with Crippen LogP contribution in [-0.4, -0.2) is 24.5 Å². The molecule has 29 heavy (non-hydrogen) atoms. The molecular formula is C23H21N3OS2. The highest BCUT2D eigenvalue weighted by Crippen LogP contribution is 2.27. The second-order valence-corrected chi connectivity index (χ2v) is 8.49. The van der Waals surface area contributed by atoms with Gasteiger partial charge in [0, 0.05) is 15.8 Å². The Bertz CT molecular complexity index is 1250. The summed E-state index contributed by atoms with van der Waals surface area (Å²) in [7, 11) is 1.69. The van der Waals surface area contributed by atoms with Crippen molar-refractivity contribution in [1.29, 1.82) is 0 Å². The van der Waals surface area contributed by atoms with Gasteiger partial charge in [0.05, 0.1) is 25.6 Å². The summed E-state index contributed by atoms with van der Waals surface area (Å²) in [6.45, 7) is 6.52. The zero-order chi connectivity index (χ0) is 20.2. The third kappa shape index (κ3) is 4.39. The number of thiophene rings is 1. The highest BCUT2D eigenvalue weighted by atomic mass is 32.1. The van der Waals surface area contributed by atoms with Gasteiger partial charge in [-0.25, -0.2) is 4.68 Å². The Morgan fingerprint density at radius 2 is 1.97 bits per heavy atom. The summed E-state index contributed by atoms with van der Waals surface area (Å²) in [5.41, 5.74) is 3.13. The fourth-order valence-electron chi connectivity index (χ4n) is 2.91. The van der Waals surface area contributed by atoms with E-state index in [9.17, 15) is 0 Å². The summed E-state index contributed by atoms with van der Waals surface area (Å²) in [5.74, 6) is 0.859. The second kappa shape index (κ2) is 8.59. The number of benzene rings is 2. The van der Waals surface area contributed by atoms with Crippen LogP contribution in [0.25, 0.3) is 22.0 Å². The van der Waals surface area contributed by atoms with Gasteiger partial charge in [-0.1, -0.05) is 36.4 Å². The van der Waals surface area contributed by atoms with Crippen LogP contribution in [0.1, 0.15) is 11.8 Å². The Kier molecular flexibility index (Phi) is 5.74. The number of methoxy groups -OCH3 is 1. The average Bonchev–Trinajstić information content (AvgIpc) is 3.39. The maximum atomic E-state index is 5.33. The van der Waals surface area contributed by atoms with Crippen molar-refractivity contribution in [3.05, 3.63) is 81.1 Å². The Balaban J connectivity index is 1.81. The Hall–Kier alpha value is -2.96. The monoisotopic (exact) mass is 419 g/mol. The van der Waals surface area contributed by atoms with Gasteiger partial charge in [0.25, 0.3) is 0 Å². The fourth-order valence-corrected chi connectivity index (χ4v) is 4.33. The van der Waals surface area contributed by atoms with Crippen LogP contribution in [0.3, 0.4) is 0 Å². The van der Waals surface area contributed by atoms with E-state index in [-0.39, 0.29) is 0 Å². The van der Waals surface area contributed by atoms with E-state index in [0.29, 0.717) is 6.54 Å². The van der Waals surface area contributed by atoms with Crippen LogP contribution in [0, 0.1) is 0 Å². The van der Waals surface area contributed by atoms with Crippen LogP contribution in [0.2, 0.25) is 0 Å². The van der Waals surface area contributed by atoms with E-state index in [4.69, 9.17) is 14.8 Å². The largest absolute Gasteiger partial charge is 0.497 e. The number of hydrogen-bond acceptors (Lipinski definition) is 5. The van der Waals surface area contributed by atoms with Crippen LogP contribution in [-0.2, 0) is 0 Å². The average molecular weight is 420 g/mol. The van der Waals surface area contributed by atoms with Gasteiger partial charge in [-0.15, -0.1) is 22.7 Å². The van der Waals surface area contributed by atoms with E-state index < -0.39 is 0 Å². The normalized spacial score (nSPS) is 12.1. The zero-order valence-electron chi connectivity index (χ0n) is 16.3. The molecule has 2 heterocycles. The van der Waals surface area contributed by atoms with Crippen LogP contribution < -0.4 is 9.54 Å². The lowest BCUT2D eigenvalue weighted by molar-refractivity contribution is 0.415. The predicted octanol–water partition coefficient (Wildman–Crippen LogP) is 5.80. The number of rotatable bonds is 6. The van der Waals surface area contributed by atoms with Crippen LogP contribution in [0.5, 0.6) is 5.75 Å². The Morgan fingerprint density at radius 1 is 1.14 bits per heavy atom. The molecule has 0 unspecified atom stereocenters. The highest BCUT2D eigenvalue weighted by molar-refractivity contribution is 7.11. The minimum absolute atomic E-state index is 0.589. The molecule has 0 atom stereocenters. The molecule has 146 valence electrons. The van der Waals surface area contributed by atoms with Gasteiger partial charge in [-0.05, 0) is 47.3 Å². The van der Waals surface area contributed by atoms with Crippen molar-refractivity contribution < 1.29 is 4.74 Å². The lowest BCUT2D eigenvalue weighted by Crippen LogP contribution is -2.12. The summed E-state index contributed by atoms with van der Waals surface area (Å²) < 4.78 is 7.25.